The molecule has 2 unspecified atom stereocenters. The largest absolute Gasteiger partial charge is 0.480 e. The minimum Gasteiger partial charge on any atom is -0.480 e. The van der Waals surface area contributed by atoms with Gasteiger partial charge in [-0.2, -0.15) is 0 Å². The van der Waals surface area contributed by atoms with Crippen molar-refractivity contribution in [3.8, 4) is 0 Å². The second-order valence-electron chi connectivity index (χ2n) is 3.62. The lowest BCUT2D eigenvalue weighted by Crippen LogP contribution is -2.37. The molecule has 4 nitrogen and oxygen atoms in total. The molecule has 0 aliphatic heterocycles. The zero-order valence-corrected chi connectivity index (χ0v) is 8.99. The number of nitrogens with one attached hydrogen (secondary N) is 1. The molecule has 2 atom stereocenters. The van der Waals surface area contributed by atoms with E-state index in [9.17, 15) is 4.79 Å². The number of aliphatic hydroxyl groups excluding tert-OH is 1. The molecule has 0 saturated heterocycles. The van der Waals surface area contributed by atoms with Crippen LogP contribution < -0.4 is 5.32 Å². The van der Waals surface area contributed by atoms with Crippen LogP contribution in [0.15, 0.2) is 0 Å². The number of carboxylic acids is 1. The highest BCUT2D eigenvalue weighted by atomic mass is 16.4. The Morgan fingerprint density at radius 1 is 1.43 bits per heavy atom. The Bertz CT molecular complexity index is 159. The van der Waals surface area contributed by atoms with Crippen LogP contribution in [0.4, 0.5) is 0 Å². The lowest BCUT2D eigenvalue weighted by atomic mass is 10.1. The molecule has 0 radical (unpaired) electrons. The second-order valence-corrected chi connectivity index (χ2v) is 3.62. The third-order valence-corrected chi connectivity index (χ3v) is 2.06. The molecule has 4 heteroatoms. The van der Waals surface area contributed by atoms with Crippen molar-refractivity contribution in [3.63, 3.8) is 0 Å². The van der Waals surface area contributed by atoms with Gasteiger partial charge in [0, 0.05) is 0 Å². The molecular formula is C10H21NO3. The first kappa shape index (κ1) is 13.4. The number of rotatable bonds is 8. The Morgan fingerprint density at radius 3 is 2.50 bits per heavy atom. The van der Waals surface area contributed by atoms with Crippen molar-refractivity contribution in [2.45, 2.75) is 51.7 Å². The van der Waals surface area contributed by atoms with E-state index in [0.717, 1.165) is 12.8 Å². The number of carboxylic acid groups (broad SMARTS) is 1. The van der Waals surface area contributed by atoms with Gasteiger partial charge in [0.05, 0.1) is 6.10 Å². The zero-order chi connectivity index (χ0) is 11.0. The molecule has 0 aromatic carbocycles. The summed E-state index contributed by atoms with van der Waals surface area (Å²) < 4.78 is 0. The third-order valence-electron chi connectivity index (χ3n) is 2.06. The van der Waals surface area contributed by atoms with Gasteiger partial charge in [0.1, 0.15) is 6.04 Å². The Morgan fingerprint density at radius 2 is 2.07 bits per heavy atom. The molecule has 0 aromatic heterocycles. The van der Waals surface area contributed by atoms with Crippen LogP contribution in [0.2, 0.25) is 0 Å². The van der Waals surface area contributed by atoms with Crippen LogP contribution in [0, 0.1) is 0 Å². The van der Waals surface area contributed by atoms with Crippen LogP contribution in [0.3, 0.4) is 0 Å². The normalized spacial score (nSPS) is 15.1. The molecule has 0 heterocycles. The van der Waals surface area contributed by atoms with Crippen LogP contribution in [0.1, 0.15) is 39.5 Å². The van der Waals surface area contributed by atoms with Crippen molar-refractivity contribution in [1.29, 1.82) is 0 Å². The second kappa shape index (κ2) is 7.76. The Labute approximate surface area is 85.3 Å². The predicted molar refractivity (Wildman–Crippen MR) is 55.2 cm³/mol. The Hall–Kier alpha value is -0.610. The van der Waals surface area contributed by atoms with Crippen molar-refractivity contribution < 1.29 is 15.0 Å². The average molecular weight is 203 g/mol. The number of aliphatic hydroxyl groups is 1. The van der Waals surface area contributed by atoms with Gasteiger partial charge in [-0.25, -0.2) is 0 Å². The standard InChI is InChI=1S/C10H21NO3/c1-3-5-9(10(13)14)11-7-4-6-8(2)12/h8-9,11-12H,3-7H2,1-2H3,(H,13,14). The molecule has 0 fully saturated rings. The molecule has 0 spiro atoms. The smallest absolute Gasteiger partial charge is 0.320 e. The van der Waals surface area contributed by atoms with Gasteiger partial charge in [0.15, 0.2) is 0 Å². The molecular weight excluding hydrogens is 182 g/mol. The molecule has 14 heavy (non-hydrogen) atoms. The van der Waals surface area contributed by atoms with E-state index in [4.69, 9.17) is 10.2 Å². The van der Waals surface area contributed by atoms with Crippen LogP contribution >= 0.6 is 0 Å². The molecule has 84 valence electrons. The fourth-order valence-corrected chi connectivity index (χ4v) is 1.28. The highest BCUT2D eigenvalue weighted by Crippen LogP contribution is 1.99. The van der Waals surface area contributed by atoms with Crippen molar-refractivity contribution in [2.75, 3.05) is 6.54 Å². The molecule has 0 aliphatic carbocycles. The summed E-state index contributed by atoms with van der Waals surface area (Å²) in [5, 5.41) is 20.8. The van der Waals surface area contributed by atoms with Gasteiger partial charge in [-0.3, -0.25) is 4.79 Å². The van der Waals surface area contributed by atoms with Crippen molar-refractivity contribution in [2.24, 2.45) is 0 Å². The number of aliphatic carboxylic acids is 1. The van der Waals surface area contributed by atoms with Crippen LogP contribution in [-0.4, -0.2) is 34.9 Å². The van der Waals surface area contributed by atoms with Gasteiger partial charge >= 0.3 is 5.97 Å². The fourth-order valence-electron chi connectivity index (χ4n) is 1.28. The van der Waals surface area contributed by atoms with Gasteiger partial charge in [0.25, 0.3) is 0 Å². The van der Waals surface area contributed by atoms with Gasteiger partial charge < -0.3 is 15.5 Å². The third kappa shape index (κ3) is 6.86. The summed E-state index contributed by atoms with van der Waals surface area (Å²) >= 11 is 0. The molecule has 0 bridgehead atoms. The lowest BCUT2D eigenvalue weighted by molar-refractivity contribution is -0.139. The average Bonchev–Trinajstić information content (AvgIpc) is 2.09. The van der Waals surface area contributed by atoms with E-state index < -0.39 is 12.0 Å². The van der Waals surface area contributed by atoms with Gasteiger partial charge in [-0.1, -0.05) is 13.3 Å². The van der Waals surface area contributed by atoms with E-state index in [-0.39, 0.29) is 6.10 Å². The zero-order valence-electron chi connectivity index (χ0n) is 8.99. The van der Waals surface area contributed by atoms with Crippen molar-refractivity contribution in [1.82, 2.24) is 5.32 Å². The van der Waals surface area contributed by atoms with Crippen molar-refractivity contribution in [3.05, 3.63) is 0 Å². The number of carbonyl (C=O) groups is 1. The van der Waals surface area contributed by atoms with E-state index >= 15 is 0 Å². The summed E-state index contributed by atoms with van der Waals surface area (Å²) in [4.78, 5) is 10.7. The SMILES string of the molecule is CCCC(NCCCC(C)O)C(=O)O. The monoisotopic (exact) mass is 203 g/mol. The molecule has 0 rings (SSSR count). The van der Waals surface area contributed by atoms with E-state index in [0.29, 0.717) is 19.4 Å². The summed E-state index contributed by atoms with van der Waals surface area (Å²) in [7, 11) is 0. The maximum Gasteiger partial charge on any atom is 0.320 e. The van der Waals surface area contributed by atoms with E-state index in [1.807, 2.05) is 6.92 Å². The maximum atomic E-state index is 10.7. The summed E-state index contributed by atoms with van der Waals surface area (Å²) in [6.07, 6.45) is 2.74. The summed E-state index contributed by atoms with van der Waals surface area (Å²) in [5.41, 5.74) is 0. The Balaban J connectivity index is 3.56. The minimum absolute atomic E-state index is 0.300. The number of hydrogen-bond donors (Lipinski definition) is 3. The molecule has 0 aliphatic rings. The predicted octanol–water partition coefficient (Wildman–Crippen LogP) is 0.990. The van der Waals surface area contributed by atoms with E-state index in [1.54, 1.807) is 6.92 Å². The van der Waals surface area contributed by atoms with Gasteiger partial charge in [-0.15, -0.1) is 0 Å². The highest BCUT2D eigenvalue weighted by molar-refractivity contribution is 5.73. The summed E-state index contributed by atoms with van der Waals surface area (Å²) in [6, 6.07) is -0.436. The summed E-state index contributed by atoms with van der Waals surface area (Å²) in [6.45, 7) is 4.36. The first-order valence-electron chi connectivity index (χ1n) is 5.22. The van der Waals surface area contributed by atoms with E-state index in [1.165, 1.54) is 0 Å². The van der Waals surface area contributed by atoms with Crippen LogP contribution in [0.25, 0.3) is 0 Å². The molecule has 0 aromatic rings. The minimum atomic E-state index is -0.788. The van der Waals surface area contributed by atoms with Crippen LogP contribution in [-0.2, 0) is 4.79 Å². The molecule has 0 saturated carbocycles. The van der Waals surface area contributed by atoms with Gasteiger partial charge in [0.2, 0.25) is 0 Å². The lowest BCUT2D eigenvalue weighted by Gasteiger charge is -2.13. The maximum absolute atomic E-state index is 10.7. The summed E-state index contributed by atoms with van der Waals surface area (Å²) in [5.74, 6) is -0.788. The number of hydrogen-bond acceptors (Lipinski definition) is 3. The topological polar surface area (TPSA) is 69.6 Å². The quantitative estimate of drug-likeness (QED) is 0.514. The first-order valence-corrected chi connectivity index (χ1v) is 5.22. The van der Waals surface area contributed by atoms with Crippen LogP contribution in [0.5, 0.6) is 0 Å². The first-order chi connectivity index (χ1) is 6.57. The Kier molecular flexibility index (Phi) is 7.42. The van der Waals surface area contributed by atoms with Crippen molar-refractivity contribution >= 4 is 5.97 Å². The highest BCUT2D eigenvalue weighted by Gasteiger charge is 2.14. The molecule has 3 N–H and O–H groups in total. The fraction of sp³-hybridized carbons (Fsp3) is 0.900. The molecule has 0 amide bonds. The van der Waals surface area contributed by atoms with E-state index in [2.05, 4.69) is 5.32 Å². The van der Waals surface area contributed by atoms with Gasteiger partial charge in [-0.05, 0) is 32.7 Å².